The van der Waals surface area contributed by atoms with E-state index in [2.05, 4.69) is 22.8 Å². The molecule has 1 heterocycles. The molecule has 1 N–H and O–H groups in total. The minimum atomic E-state index is 0.337. The Bertz CT molecular complexity index is 604. The van der Waals surface area contributed by atoms with Gasteiger partial charge in [-0.25, -0.2) is 0 Å². The van der Waals surface area contributed by atoms with Gasteiger partial charge in [-0.3, -0.25) is 0 Å². The number of anilines is 1. The summed E-state index contributed by atoms with van der Waals surface area (Å²) in [5, 5.41) is 7.30. The molecule has 1 nitrogen and oxygen atoms in total. The Morgan fingerprint density at radius 3 is 2.62 bits per heavy atom. The molecule has 1 unspecified atom stereocenters. The molecule has 0 bridgehead atoms. The monoisotopic (exact) mass is 339 g/mol. The molecule has 112 valence electrons. The van der Waals surface area contributed by atoms with Crippen molar-refractivity contribution in [1.29, 1.82) is 0 Å². The van der Waals surface area contributed by atoms with Gasteiger partial charge in [-0.2, -0.15) is 0 Å². The Hall–Kier alpha value is -0.700. The van der Waals surface area contributed by atoms with E-state index in [0.717, 1.165) is 21.3 Å². The molecule has 1 aromatic carbocycles. The quantitative estimate of drug-likeness (QED) is 0.652. The fourth-order valence-corrected chi connectivity index (χ4v) is 4.41. The van der Waals surface area contributed by atoms with Crippen molar-refractivity contribution in [3.63, 3.8) is 0 Å². The first-order chi connectivity index (χ1) is 10.1. The molecule has 2 aromatic rings. The molecule has 21 heavy (non-hydrogen) atoms. The lowest BCUT2D eigenvalue weighted by Crippen LogP contribution is -2.18. The summed E-state index contributed by atoms with van der Waals surface area (Å²) in [6.45, 7) is 1.98. The lowest BCUT2D eigenvalue weighted by atomic mass is 9.96. The zero-order valence-corrected chi connectivity index (χ0v) is 14.4. The second kappa shape index (κ2) is 6.60. The highest BCUT2D eigenvalue weighted by Gasteiger charge is 2.27. The van der Waals surface area contributed by atoms with Crippen LogP contribution < -0.4 is 5.32 Å². The maximum Gasteiger partial charge on any atom is 0.0641 e. The van der Waals surface area contributed by atoms with Crippen LogP contribution in [0.5, 0.6) is 0 Å². The number of hydrogen-bond acceptors (Lipinski definition) is 2. The highest BCUT2D eigenvalue weighted by atomic mass is 35.5. The average molecular weight is 340 g/mol. The van der Waals surface area contributed by atoms with Gasteiger partial charge < -0.3 is 5.32 Å². The molecule has 1 aliphatic rings. The fourth-order valence-electron chi connectivity index (χ4n) is 3.10. The van der Waals surface area contributed by atoms with Gasteiger partial charge in [0.05, 0.1) is 16.8 Å². The topological polar surface area (TPSA) is 12.0 Å². The minimum Gasteiger partial charge on any atom is -0.376 e. The third kappa shape index (κ3) is 3.39. The van der Waals surface area contributed by atoms with Crippen LogP contribution in [0.25, 0.3) is 0 Å². The summed E-state index contributed by atoms with van der Waals surface area (Å²) < 4.78 is 0. The number of benzene rings is 1. The van der Waals surface area contributed by atoms with Gasteiger partial charge in [0.25, 0.3) is 0 Å². The van der Waals surface area contributed by atoms with Crippen molar-refractivity contribution in [2.24, 2.45) is 5.92 Å². The molecular weight excluding hydrogens is 321 g/mol. The Balaban J connectivity index is 1.89. The van der Waals surface area contributed by atoms with Crippen LogP contribution in [0.3, 0.4) is 0 Å². The third-order valence-electron chi connectivity index (χ3n) is 4.28. The lowest BCUT2D eigenvalue weighted by Gasteiger charge is -2.25. The molecule has 0 saturated heterocycles. The molecule has 0 aliphatic heterocycles. The predicted molar refractivity (Wildman–Crippen MR) is 93.8 cm³/mol. The van der Waals surface area contributed by atoms with Crippen LogP contribution in [0.15, 0.2) is 29.6 Å². The Kier molecular flexibility index (Phi) is 4.78. The van der Waals surface area contributed by atoms with Crippen LogP contribution in [-0.4, -0.2) is 0 Å². The first kappa shape index (κ1) is 15.2. The number of halogens is 2. The van der Waals surface area contributed by atoms with E-state index >= 15 is 0 Å². The van der Waals surface area contributed by atoms with Crippen molar-refractivity contribution in [3.05, 3.63) is 50.1 Å². The van der Waals surface area contributed by atoms with Gasteiger partial charge in [0.1, 0.15) is 0 Å². The van der Waals surface area contributed by atoms with E-state index in [0.29, 0.717) is 12.0 Å². The van der Waals surface area contributed by atoms with E-state index in [-0.39, 0.29) is 0 Å². The van der Waals surface area contributed by atoms with Crippen molar-refractivity contribution in [2.45, 2.75) is 38.6 Å². The van der Waals surface area contributed by atoms with E-state index in [1.165, 1.54) is 30.6 Å². The summed E-state index contributed by atoms with van der Waals surface area (Å²) in [6, 6.07) is 8.56. The summed E-state index contributed by atoms with van der Waals surface area (Å²) in [5.41, 5.74) is 1.96. The van der Waals surface area contributed by atoms with Gasteiger partial charge in [0.15, 0.2) is 0 Å². The maximum atomic E-state index is 6.40. The number of nitrogens with one attached hydrogen (secondary N) is 1. The smallest absolute Gasteiger partial charge is 0.0641 e. The highest BCUT2D eigenvalue weighted by Crippen LogP contribution is 2.41. The first-order valence-electron chi connectivity index (χ1n) is 7.41. The summed E-state index contributed by atoms with van der Waals surface area (Å²) in [6.07, 6.45) is 5.23. The van der Waals surface area contributed by atoms with Crippen molar-refractivity contribution in [2.75, 3.05) is 5.32 Å². The standard InChI is InChI=1S/C17H19Cl2NS/c1-11-9-14(19)15(10-13(11)18)20-17(12-5-2-3-6-12)16-7-4-8-21-16/h4,7-10,12,17,20H,2-3,5-6H2,1H3. The summed E-state index contributed by atoms with van der Waals surface area (Å²) in [5.74, 6) is 0.680. The number of aryl methyl sites for hydroxylation is 1. The van der Waals surface area contributed by atoms with E-state index < -0.39 is 0 Å². The molecular formula is C17H19Cl2NS. The first-order valence-corrected chi connectivity index (χ1v) is 9.04. The molecule has 1 aliphatic carbocycles. The maximum absolute atomic E-state index is 6.40. The Labute approximate surface area is 140 Å². The molecule has 3 rings (SSSR count). The van der Waals surface area contributed by atoms with Crippen LogP contribution in [0.1, 0.15) is 42.2 Å². The van der Waals surface area contributed by atoms with E-state index in [1.54, 1.807) is 0 Å². The zero-order chi connectivity index (χ0) is 14.8. The van der Waals surface area contributed by atoms with Crippen molar-refractivity contribution in [1.82, 2.24) is 0 Å². The largest absolute Gasteiger partial charge is 0.376 e. The molecule has 1 fully saturated rings. The minimum absolute atomic E-state index is 0.337. The second-order valence-electron chi connectivity index (χ2n) is 5.76. The molecule has 1 atom stereocenters. The van der Waals surface area contributed by atoms with Crippen molar-refractivity contribution < 1.29 is 0 Å². The predicted octanol–water partition coefficient (Wildman–Crippen LogP) is 6.71. The summed E-state index contributed by atoms with van der Waals surface area (Å²) in [4.78, 5) is 1.38. The molecule has 0 spiro atoms. The van der Waals surface area contributed by atoms with E-state index in [1.807, 2.05) is 30.4 Å². The average Bonchev–Trinajstić information content (AvgIpc) is 3.14. The molecule has 1 aromatic heterocycles. The van der Waals surface area contributed by atoms with Crippen LogP contribution >= 0.6 is 34.5 Å². The second-order valence-corrected chi connectivity index (χ2v) is 7.56. The third-order valence-corrected chi connectivity index (χ3v) is 5.96. The Morgan fingerprint density at radius 1 is 1.19 bits per heavy atom. The van der Waals surface area contributed by atoms with Gasteiger partial charge in [0, 0.05) is 9.90 Å². The summed E-state index contributed by atoms with van der Waals surface area (Å²) in [7, 11) is 0. The van der Waals surface area contributed by atoms with Crippen molar-refractivity contribution >= 4 is 40.2 Å². The van der Waals surface area contributed by atoms with Crippen molar-refractivity contribution in [3.8, 4) is 0 Å². The molecule has 4 heteroatoms. The van der Waals surface area contributed by atoms with Gasteiger partial charge in [-0.05, 0) is 54.8 Å². The van der Waals surface area contributed by atoms with E-state index in [9.17, 15) is 0 Å². The highest BCUT2D eigenvalue weighted by molar-refractivity contribution is 7.10. The molecule has 0 amide bonds. The normalized spacial score (nSPS) is 17.1. The SMILES string of the molecule is Cc1cc(Cl)c(NC(c2cccs2)C2CCCC2)cc1Cl. The Morgan fingerprint density at radius 2 is 1.95 bits per heavy atom. The van der Waals surface area contributed by atoms with Crippen LogP contribution in [0.4, 0.5) is 5.69 Å². The van der Waals surface area contributed by atoms with Crippen LogP contribution in [0, 0.1) is 12.8 Å². The van der Waals surface area contributed by atoms with Gasteiger partial charge in [-0.1, -0.05) is 42.1 Å². The fraction of sp³-hybridized carbons (Fsp3) is 0.412. The lowest BCUT2D eigenvalue weighted by molar-refractivity contribution is 0.475. The molecule has 1 saturated carbocycles. The zero-order valence-electron chi connectivity index (χ0n) is 12.0. The molecule has 0 radical (unpaired) electrons. The number of hydrogen-bond donors (Lipinski definition) is 1. The van der Waals surface area contributed by atoms with Crippen LogP contribution in [0.2, 0.25) is 10.0 Å². The number of thiophene rings is 1. The van der Waals surface area contributed by atoms with Gasteiger partial charge in [-0.15, -0.1) is 11.3 Å². The van der Waals surface area contributed by atoms with E-state index in [4.69, 9.17) is 23.2 Å². The van der Waals surface area contributed by atoms with Gasteiger partial charge >= 0.3 is 0 Å². The van der Waals surface area contributed by atoms with Gasteiger partial charge in [0.2, 0.25) is 0 Å². The van der Waals surface area contributed by atoms with Crippen LogP contribution in [-0.2, 0) is 0 Å². The number of rotatable bonds is 4. The summed E-state index contributed by atoms with van der Waals surface area (Å²) >= 11 is 14.5.